The summed E-state index contributed by atoms with van der Waals surface area (Å²) in [5.41, 5.74) is 6.84. The Morgan fingerprint density at radius 3 is 2.61 bits per heavy atom. The number of rotatable bonds is 8. The maximum atomic E-state index is 13.5. The molecule has 2 aromatic carbocycles. The fraction of sp³-hybridized carbons (Fsp3) is 0.478. The third-order valence-electron chi connectivity index (χ3n) is 5.37. The molecule has 8 heteroatoms. The minimum atomic E-state index is -3.08. The van der Waals surface area contributed by atoms with Gasteiger partial charge in [-0.2, -0.15) is 0 Å². The van der Waals surface area contributed by atoms with Gasteiger partial charge < -0.3 is 10.6 Å². The topological polar surface area (TPSA) is 75.4 Å². The van der Waals surface area contributed by atoms with Crippen LogP contribution in [-0.4, -0.2) is 51.8 Å². The predicted octanol–water partition coefficient (Wildman–Crippen LogP) is 3.89. The molecule has 1 fully saturated rings. The van der Waals surface area contributed by atoms with Crippen LogP contribution in [0.5, 0.6) is 0 Å². The number of likely N-dealkylation sites (tertiary alicyclic amines) is 1. The van der Waals surface area contributed by atoms with E-state index in [-0.39, 0.29) is 11.9 Å². The highest BCUT2D eigenvalue weighted by molar-refractivity contribution is 7.97. The van der Waals surface area contributed by atoms with Crippen molar-refractivity contribution in [1.82, 2.24) is 9.62 Å². The second-order valence-electron chi connectivity index (χ2n) is 7.92. The van der Waals surface area contributed by atoms with E-state index in [1.54, 1.807) is 31.3 Å². The molecule has 0 amide bonds. The molecular weight excluding hydrogens is 433 g/mol. The molecule has 1 aliphatic rings. The smallest absolute Gasteiger partial charge is 0.175 e. The highest BCUT2D eigenvalue weighted by Gasteiger charge is 2.20. The van der Waals surface area contributed by atoms with Crippen molar-refractivity contribution in [2.45, 2.75) is 54.5 Å². The first kappa shape index (κ1) is 25.8. The molecule has 0 spiro atoms. The van der Waals surface area contributed by atoms with Crippen LogP contribution in [0.3, 0.4) is 0 Å². The number of hydrogen-bond donors (Lipinski definition) is 2. The summed E-state index contributed by atoms with van der Waals surface area (Å²) in [4.78, 5) is 3.74. The van der Waals surface area contributed by atoms with Crippen LogP contribution in [0.2, 0.25) is 0 Å². The molecule has 31 heavy (non-hydrogen) atoms. The van der Waals surface area contributed by atoms with E-state index in [1.165, 1.54) is 43.7 Å². The van der Waals surface area contributed by atoms with Crippen LogP contribution in [-0.2, 0) is 16.3 Å². The molecule has 2 atom stereocenters. The first-order chi connectivity index (χ1) is 14.7. The van der Waals surface area contributed by atoms with Gasteiger partial charge in [-0.1, -0.05) is 24.3 Å². The van der Waals surface area contributed by atoms with E-state index in [4.69, 9.17) is 5.73 Å². The van der Waals surface area contributed by atoms with Gasteiger partial charge in [-0.15, -0.1) is 0 Å². The first-order valence-corrected chi connectivity index (χ1v) is 13.3. The molecule has 172 valence electrons. The second kappa shape index (κ2) is 12.6. The van der Waals surface area contributed by atoms with Crippen LogP contribution >= 0.6 is 11.9 Å². The van der Waals surface area contributed by atoms with Crippen molar-refractivity contribution < 1.29 is 12.8 Å². The number of nitrogens with two attached hydrogens (primary N) is 1. The van der Waals surface area contributed by atoms with E-state index >= 15 is 0 Å². The van der Waals surface area contributed by atoms with Gasteiger partial charge >= 0.3 is 0 Å². The quantitative estimate of drug-likeness (QED) is 0.574. The number of nitrogens with zero attached hydrogens (tertiary/aromatic N) is 1. The van der Waals surface area contributed by atoms with Crippen molar-refractivity contribution in [2.75, 3.05) is 26.4 Å². The maximum Gasteiger partial charge on any atom is 0.175 e. The molecular formula is C23H34FN3O2S2. The van der Waals surface area contributed by atoms with Crippen molar-refractivity contribution in [1.29, 1.82) is 0 Å². The SMILES string of the molecule is CC1CCCN1CCC(N)Cc1ccccc1F.CNSc1cccc(S(C)(=O)=O)c1. The molecule has 2 unspecified atom stereocenters. The Balaban J connectivity index is 0.000000233. The Hall–Kier alpha value is -1.45. The van der Waals surface area contributed by atoms with Gasteiger partial charge in [0.25, 0.3) is 0 Å². The molecule has 2 aromatic rings. The van der Waals surface area contributed by atoms with Crippen LogP contribution in [0.4, 0.5) is 4.39 Å². The summed E-state index contributed by atoms with van der Waals surface area (Å²) in [5.74, 6) is -0.137. The zero-order chi connectivity index (χ0) is 22.9. The first-order valence-electron chi connectivity index (χ1n) is 10.6. The Morgan fingerprint density at radius 1 is 1.26 bits per heavy atom. The van der Waals surface area contributed by atoms with Crippen molar-refractivity contribution in [3.63, 3.8) is 0 Å². The van der Waals surface area contributed by atoms with Crippen molar-refractivity contribution in [2.24, 2.45) is 5.73 Å². The molecule has 0 saturated carbocycles. The Labute approximate surface area is 190 Å². The summed E-state index contributed by atoms with van der Waals surface area (Å²) in [5, 5.41) is 0. The third-order valence-corrected chi connectivity index (χ3v) is 7.18. The number of halogens is 1. The van der Waals surface area contributed by atoms with E-state index in [1.807, 2.05) is 18.2 Å². The molecule has 1 aliphatic heterocycles. The van der Waals surface area contributed by atoms with Gasteiger partial charge in [0.1, 0.15) is 5.82 Å². The molecule has 0 aliphatic carbocycles. The Kier molecular flexibility index (Phi) is 10.4. The summed E-state index contributed by atoms with van der Waals surface area (Å²) >= 11 is 1.39. The Morgan fingerprint density at radius 2 is 2.00 bits per heavy atom. The molecule has 5 nitrogen and oxygen atoms in total. The van der Waals surface area contributed by atoms with Gasteiger partial charge in [-0.25, -0.2) is 12.8 Å². The molecule has 3 rings (SSSR count). The predicted molar refractivity (Wildman–Crippen MR) is 127 cm³/mol. The summed E-state index contributed by atoms with van der Waals surface area (Å²) in [7, 11) is -1.30. The summed E-state index contributed by atoms with van der Waals surface area (Å²) < 4.78 is 38.7. The lowest BCUT2D eigenvalue weighted by molar-refractivity contribution is 0.257. The number of sulfone groups is 1. The van der Waals surface area contributed by atoms with Crippen LogP contribution in [0, 0.1) is 5.82 Å². The van der Waals surface area contributed by atoms with Crippen LogP contribution in [0.25, 0.3) is 0 Å². The molecule has 0 radical (unpaired) electrons. The summed E-state index contributed by atoms with van der Waals surface area (Å²) in [6.07, 6.45) is 5.37. The largest absolute Gasteiger partial charge is 0.327 e. The molecule has 3 N–H and O–H groups in total. The van der Waals surface area contributed by atoms with E-state index in [9.17, 15) is 12.8 Å². The number of nitrogens with one attached hydrogen (secondary N) is 1. The van der Waals surface area contributed by atoms with Crippen LogP contribution in [0.1, 0.15) is 31.7 Å². The normalized spacial score (nSPS) is 17.8. The number of benzene rings is 2. The van der Waals surface area contributed by atoms with Crippen LogP contribution in [0.15, 0.2) is 58.3 Å². The van der Waals surface area contributed by atoms with Crippen LogP contribution < -0.4 is 10.5 Å². The minimum Gasteiger partial charge on any atom is -0.327 e. The maximum absolute atomic E-state index is 13.5. The van der Waals surface area contributed by atoms with E-state index in [0.29, 0.717) is 17.4 Å². The molecule has 1 heterocycles. The van der Waals surface area contributed by atoms with Gasteiger partial charge in [0.2, 0.25) is 0 Å². The fourth-order valence-corrected chi connectivity index (χ4v) is 4.90. The van der Waals surface area contributed by atoms with Gasteiger partial charge in [-0.3, -0.25) is 4.72 Å². The lowest BCUT2D eigenvalue weighted by atomic mass is 10.0. The highest BCUT2D eigenvalue weighted by Crippen LogP contribution is 2.19. The van der Waals surface area contributed by atoms with E-state index < -0.39 is 9.84 Å². The molecule has 1 saturated heterocycles. The van der Waals surface area contributed by atoms with Gasteiger partial charge in [0, 0.05) is 23.2 Å². The van der Waals surface area contributed by atoms with E-state index in [0.717, 1.165) is 23.4 Å². The fourth-order valence-electron chi connectivity index (χ4n) is 3.59. The average Bonchev–Trinajstić information content (AvgIpc) is 3.13. The van der Waals surface area contributed by atoms with E-state index in [2.05, 4.69) is 16.5 Å². The van der Waals surface area contributed by atoms with Gasteiger partial charge in [-0.05, 0) is 94.5 Å². The molecule has 0 bridgehead atoms. The van der Waals surface area contributed by atoms with Crippen molar-refractivity contribution >= 4 is 21.8 Å². The van der Waals surface area contributed by atoms with Gasteiger partial charge in [0.05, 0.1) is 4.90 Å². The average molecular weight is 468 g/mol. The zero-order valence-electron chi connectivity index (χ0n) is 18.6. The monoisotopic (exact) mass is 467 g/mol. The van der Waals surface area contributed by atoms with Gasteiger partial charge in [0.15, 0.2) is 9.84 Å². The summed E-state index contributed by atoms with van der Waals surface area (Å²) in [6.45, 7) is 4.50. The lowest BCUT2D eigenvalue weighted by Gasteiger charge is -2.22. The standard InChI is InChI=1S/C15H23FN2.C8H11NO2S2/c1-12-5-4-9-18(12)10-8-14(17)11-13-6-2-3-7-15(13)16;1-9-12-7-4-3-5-8(6-7)13(2,10)11/h2-3,6-7,12,14H,4-5,8-11,17H2,1H3;3-6,9H,1-2H3. The third kappa shape index (κ3) is 8.90. The van der Waals surface area contributed by atoms with Crippen molar-refractivity contribution in [3.05, 3.63) is 59.9 Å². The zero-order valence-corrected chi connectivity index (χ0v) is 20.2. The second-order valence-corrected chi connectivity index (χ2v) is 11.0. The van der Waals surface area contributed by atoms with Crippen molar-refractivity contribution in [3.8, 4) is 0 Å². The number of hydrogen-bond acceptors (Lipinski definition) is 6. The minimum absolute atomic E-state index is 0.0506. The summed E-state index contributed by atoms with van der Waals surface area (Å²) in [6, 6.07) is 14.5. The molecule has 0 aromatic heterocycles. The lowest BCUT2D eigenvalue weighted by Crippen LogP contribution is -2.33. The highest BCUT2D eigenvalue weighted by atomic mass is 32.2. The Bertz CT molecular complexity index is 925.